The van der Waals surface area contributed by atoms with E-state index in [1.807, 2.05) is 0 Å². The molecule has 0 spiro atoms. The average Bonchev–Trinajstić information content (AvgIpc) is 2.38. The van der Waals surface area contributed by atoms with Crippen LogP contribution in [0.15, 0.2) is 41.6 Å². The van der Waals surface area contributed by atoms with Gasteiger partial charge in [-0.3, -0.25) is 0 Å². The van der Waals surface area contributed by atoms with Crippen molar-refractivity contribution in [3.05, 3.63) is 47.5 Å². The van der Waals surface area contributed by atoms with E-state index >= 15 is 0 Å². The first-order chi connectivity index (χ1) is 9.51. The molecular weight excluding hydrogens is 262 g/mol. The van der Waals surface area contributed by atoms with Crippen LogP contribution in [0.3, 0.4) is 0 Å². The highest BCUT2D eigenvalue weighted by Gasteiger charge is 2.17. The van der Waals surface area contributed by atoms with E-state index in [0.717, 1.165) is 12.1 Å². The van der Waals surface area contributed by atoms with Crippen molar-refractivity contribution in [1.29, 1.82) is 0 Å². The van der Waals surface area contributed by atoms with Crippen LogP contribution in [0, 0.1) is 0 Å². The highest BCUT2D eigenvalue weighted by Crippen LogP contribution is 2.33. The summed E-state index contributed by atoms with van der Waals surface area (Å²) in [5, 5.41) is 50.1. The van der Waals surface area contributed by atoms with E-state index in [4.69, 9.17) is 5.21 Å². The zero-order valence-corrected chi connectivity index (χ0v) is 10.4. The van der Waals surface area contributed by atoms with Gasteiger partial charge in [-0.15, -0.1) is 0 Å². The van der Waals surface area contributed by atoms with Gasteiger partial charge in [0.1, 0.15) is 23.0 Å². The maximum atomic E-state index is 9.74. The SMILES string of the molecule is O/N=C(\Cc1ccc(O)cc1)c1c(O)cc(O)cc1O. The molecule has 0 saturated carbocycles. The van der Waals surface area contributed by atoms with Gasteiger partial charge in [-0.2, -0.15) is 0 Å². The third kappa shape index (κ3) is 2.74. The van der Waals surface area contributed by atoms with E-state index in [1.165, 1.54) is 12.1 Å². The largest absolute Gasteiger partial charge is 0.508 e. The second kappa shape index (κ2) is 5.40. The molecule has 0 bridgehead atoms. The summed E-state index contributed by atoms with van der Waals surface area (Å²) in [5.74, 6) is -0.986. The minimum atomic E-state index is -0.394. The zero-order valence-electron chi connectivity index (χ0n) is 10.4. The normalized spacial score (nSPS) is 11.5. The third-order valence-electron chi connectivity index (χ3n) is 2.80. The maximum absolute atomic E-state index is 9.74. The number of phenols is 4. The molecule has 0 heterocycles. The molecule has 0 amide bonds. The summed E-state index contributed by atoms with van der Waals surface area (Å²) in [5.41, 5.74) is 0.687. The summed E-state index contributed by atoms with van der Waals surface area (Å²) in [6, 6.07) is 8.26. The molecule has 0 aromatic heterocycles. The second-order valence-electron chi connectivity index (χ2n) is 4.25. The first-order valence-corrected chi connectivity index (χ1v) is 5.75. The number of phenolic OH excluding ortho intramolecular Hbond substituents is 4. The summed E-state index contributed by atoms with van der Waals surface area (Å²) in [6.45, 7) is 0. The van der Waals surface area contributed by atoms with Gasteiger partial charge in [-0.05, 0) is 17.7 Å². The van der Waals surface area contributed by atoms with Gasteiger partial charge in [0.25, 0.3) is 0 Å². The van der Waals surface area contributed by atoms with E-state index in [9.17, 15) is 20.4 Å². The fraction of sp³-hybridized carbons (Fsp3) is 0.0714. The third-order valence-corrected chi connectivity index (χ3v) is 2.80. The number of hydrogen-bond acceptors (Lipinski definition) is 6. The van der Waals surface area contributed by atoms with E-state index in [-0.39, 0.29) is 29.2 Å². The van der Waals surface area contributed by atoms with Gasteiger partial charge in [0.05, 0.1) is 11.3 Å². The maximum Gasteiger partial charge on any atom is 0.132 e. The Balaban J connectivity index is 2.37. The van der Waals surface area contributed by atoms with E-state index in [1.54, 1.807) is 12.1 Å². The Labute approximate surface area is 114 Å². The Morgan fingerprint density at radius 1 is 0.850 bits per heavy atom. The van der Waals surface area contributed by atoms with Gasteiger partial charge in [-0.25, -0.2) is 0 Å². The molecule has 104 valence electrons. The zero-order chi connectivity index (χ0) is 14.7. The number of aromatic hydroxyl groups is 4. The highest BCUT2D eigenvalue weighted by molar-refractivity contribution is 6.06. The van der Waals surface area contributed by atoms with Crippen LogP contribution in [-0.2, 0) is 6.42 Å². The van der Waals surface area contributed by atoms with Crippen molar-refractivity contribution in [3.8, 4) is 23.0 Å². The molecule has 6 nitrogen and oxygen atoms in total. The molecule has 0 aliphatic heterocycles. The number of rotatable bonds is 3. The summed E-state index contributed by atoms with van der Waals surface area (Å²) in [7, 11) is 0. The lowest BCUT2D eigenvalue weighted by atomic mass is 10.00. The van der Waals surface area contributed by atoms with Crippen molar-refractivity contribution in [2.45, 2.75) is 6.42 Å². The smallest absolute Gasteiger partial charge is 0.132 e. The Morgan fingerprint density at radius 2 is 1.40 bits per heavy atom. The van der Waals surface area contributed by atoms with E-state index < -0.39 is 11.5 Å². The molecule has 2 rings (SSSR count). The molecular formula is C14H13NO5. The number of nitrogens with zero attached hydrogens (tertiary/aromatic N) is 1. The lowest BCUT2D eigenvalue weighted by Gasteiger charge is -2.10. The summed E-state index contributed by atoms with van der Waals surface area (Å²) in [6.07, 6.45) is 0.128. The monoisotopic (exact) mass is 275 g/mol. The van der Waals surface area contributed by atoms with Crippen LogP contribution >= 0.6 is 0 Å². The lowest BCUT2D eigenvalue weighted by molar-refractivity contribution is 0.317. The molecule has 2 aromatic carbocycles. The molecule has 0 radical (unpaired) electrons. The van der Waals surface area contributed by atoms with E-state index in [0.29, 0.717) is 5.56 Å². The van der Waals surface area contributed by atoms with Crippen molar-refractivity contribution >= 4 is 5.71 Å². The minimum absolute atomic E-state index is 0.0330. The van der Waals surface area contributed by atoms with Gasteiger partial charge in [0.2, 0.25) is 0 Å². The van der Waals surface area contributed by atoms with Crippen LogP contribution in [-0.4, -0.2) is 31.3 Å². The van der Waals surface area contributed by atoms with Gasteiger partial charge in [0.15, 0.2) is 0 Å². The molecule has 0 aliphatic carbocycles. The van der Waals surface area contributed by atoms with Gasteiger partial charge < -0.3 is 25.6 Å². The van der Waals surface area contributed by atoms with Gasteiger partial charge in [-0.1, -0.05) is 17.3 Å². The predicted molar refractivity (Wildman–Crippen MR) is 71.6 cm³/mol. The topological polar surface area (TPSA) is 114 Å². The first-order valence-electron chi connectivity index (χ1n) is 5.75. The molecule has 5 N–H and O–H groups in total. The second-order valence-corrected chi connectivity index (χ2v) is 4.25. The number of oxime groups is 1. The molecule has 0 saturated heterocycles. The minimum Gasteiger partial charge on any atom is -0.508 e. The molecule has 0 unspecified atom stereocenters. The fourth-order valence-corrected chi connectivity index (χ4v) is 1.87. The highest BCUT2D eigenvalue weighted by atomic mass is 16.4. The summed E-state index contributed by atoms with van der Waals surface area (Å²) in [4.78, 5) is 0. The Hall–Kier alpha value is -2.89. The van der Waals surface area contributed by atoms with Crippen molar-refractivity contribution in [1.82, 2.24) is 0 Å². The van der Waals surface area contributed by atoms with Crippen LogP contribution in [0.5, 0.6) is 23.0 Å². The van der Waals surface area contributed by atoms with Crippen molar-refractivity contribution in [2.24, 2.45) is 5.16 Å². The quantitative estimate of drug-likeness (QED) is 0.333. The fourth-order valence-electron chi connectivity index (χ4n) is 1.87. The van der Waals surface area contributed by atoms with Crippen molar-refractivity contribution < 1.29 is 25.6 Å². The van der Waals surface area contributed by atoms with Crippen LogP contribution in [0.4, 0.5) is 0 Å². The van der Waals surface area contributed by atoms with Crippen LogP contribution < -0.4 is 0 Å². The first kappa shape index (κ1) is 13.5. The molecule has 20 heavy (non-hydrogen) atoms. The molecule has 2 aromatic rings. The van der Waals surface area contributed by atoms with Gasteiger partial charge in [0, 0.05) is 18.6 Å². The number of hydrogen-bond donors (Lipinski definition) is 5. The van der Waals surface area contributed by atoms with Crippen LogP contribution in [0.25, 0.3) is 0 Å². The molecule has 6 heteroatoms. The predicted octanol–water partition coefficient (Wildman–Crippen LogP) is 1.93. The summed E-state index contributed by atoms with van der Waals surface area (Å²) < 4.78 is 0. The van der Waals surface area contributed by atoms with E-state index in [2.05, 4.69) is 5.16 Å². The Bertz CT molecular complexity index is 626. The molecule has 0 atom stereocenters. The molecule has 0 aliphatic rings. The Kier molecular flexibility index (Phi) is 3.65. The van der Waals surface area contributed by atoms with Crippen LogP contribution in [0.2, 0.25) is 0 Å². The Morgan fingerprint density at radius 3 is 1.90 bits per heavy atom. The van der Waals surface area contributed by atoms with Crippen molar-refractivity contribution in [3.63, 3.8) is 0 Å². The lowest BCUT2D eigenvalue weighted by Crippen LogP contribution is -2.06. The molecule has 0 fully saturated rings. The van der Waals surface area contributed by atoms with Crippen molar-refractivity contribution in [2.75, 3.05) is 0 Å². The standard InChI is InChI=1S/C14H13NO5/c16-9-3-1-8(2-4-9)5-11(15-20)14-12(18)6-10(17)7-13(14)19/h1-4,6-7,16-20H,5H2/b15-11+. The van der Waals surface area contributed by atoms with Gasteiger partial charge >= 0.3 is 0 Å². The van der Waals surface area contributed by atoms with Crippen LogP contribution in [0.1, 0.15) is 11.1 Å². The summed E-state index contributed by atoms with van der Waals surface area (Å²) >= 11 is 0. The average molecular weight is 275 g/mol. The number of benzene rings is 2.